The van der Waals surface area contributed by atoms with E-state index in [0.717, 1.165) is 11.0 Å². The average molecular weight is 223 g/mol. The third-order valence-corrected chi connectivity index (χ3v) is 3.29. The Balaban J connectivity index is 2.87. The van der Waals surface area contributed by atoms with E-state index in [-0.39, 0.29) is 0 Å². The summed E-state index contributed by atoms with van der Waals surface area (Å²) in [5.41, 5.74) is 1.74. The molecule has 1 aromatic heterocycles. The predicted molar refractivity (Wildman–Crippen MR) is 60.5 cm³/mol. The highest BCUT2D eigenvalue weighted by Gasteiger charge is 2.14. The Kier molecular flexibility index (Phi) is 2.26. The summed E-state index contributed by atoms with van der Waals surface area (Å²) < 4.78 is 21.2. The SMILES string of the molecule is CCn1c([S@@](C)(=N)=O)nc2ccccc21. The molecule has 0 bridgehead atoms. The van der Waals surface area contributed by atoms with Gasteiger partial charge in [-0.1, -0.05) is 12.1 Å². The van der Waals surface area contributed by atoms with E-state index in [1.54, 1.807) is 0 Å². The molecule has 0 radical (unpaired) electrons. The minimum Gasteiger partial charge on any atom is -0.316 e. The highest BCUT2D eigenvalue weighted by molar-refractivity contribution is 7.91. The number of nitrogens with one attached hydrogen (secondary N) is 1. The van der Waals surface area contributed by atoms with Gasteiger partial charge in [0.2, 0.25) is 5.16 Å². The zero-order valence-electron chi connectivity index (χ0n) is 8.73. The monoisotopic (exact) mass is 223 g/mol. The number of imidazole rings is 1. The molecule has 0 aliphatic carbocycles. The molecule has 0 aliphatic rings. The van der Waals surface area contributed by atoms with Crippen LogP contribution in [0, 0.1) is 4.78 Å². The van der Waals surface area contributed by atoms with E-state index in [2.05, 4.69) is 4.98 Å². The third kappa shape index (κ3) is 1.63. The number of para-hydroxylation sites is 2. The number of hydrogen-bond donors (Lipinski definition) is 1. The average Bonchev–Trinajstić information content (AvgIpc) is 2.55. The molecule has 15 heavy (non-hydrogen) atoms. The van der Waals surface area contributed by atoms with Crippen LogP contribution in [-0.4, -0.2) is 20.0 Å². The van der Waals surface area contributed by atoms with Gasteiger partial charge in [0.05, 0.1) is 11.0 Å². The minimum atomic E-state index is -2.76. The van der Waals surface area contributed by atoms with Crippen molar-refractivity contribution in [1.29, 1.82) is 4.78 Å². The van der Waals surface area contributed by atoms with Crippen LogP contribution in [0.1, 0.15) is 6.92 Å². The quantitative estimate of drug-likeness (QED) is 0.847. The summed E-state index contributed by atoms with van der Waals surface area (Å²) in [6.45, 7) is 2.64. The summed E-state index contributed by atoms with van der Waals surface area (Å²) in [7, 11) is -2.76. The summed E-state index contributed by atoms with van der Waals surface area (Å²) in [5, 5.41) is 0.367. The number of aryl methyl sites for hydroxylation is 1. The van der Waals surface area contributed by atoms with Gasteiger partial charge in [-0.3, -0.25) is 0 Å². The van der Waals surface area contributed by atoms with Gasteiger partial charge >= 0.3 is 0 Å². The Hall–Kier alpha value is -1.36. The number of benzene rings is 1. The normalized spacial score (nSPS) is 15.3. The first-order valence-electron chi connectivity index (χ1n) is 4.73. The number of aromatic nitrogens is 2. The molecule has 1 N–H and O–H groups in total. The molecule has 1 atom stereocenters. The smallest absolute Gasteiger partial charge is 0.208 e. The lowest BCUT2D eigenvalue weighted by Crippen LogP contribution is -2.06. The molecule has 0 aliphatic heterocycles. The number of nitrogens with zero attached hydrogens (tertiary/aromatic N) is 2. The van der Waals surface area contributed by atoms with Crippen molar-refractivity contribution in [2.45, 2.75) is 18.6 Å². The first-order valence-corrected chi connectivity index (χ1v) is 6.69. The van der Waals surface area contributed by atoms with Crippen LogP contribution in [0.15, 0.2) is 29.4 Å². The van der Waals surface area contributed by atoms with Gasteiger partial charge in [-0.15, -0.1) is 0 Å². The van der Waals surface area contributed by atoms with Crippen molar-refractivity contribution in [3.8, 4) is 0 Å². The first-order chi connectivity index (χ1) is 7.04. The van der Waals surface area contributed by atoms with Gasteiger partial charge in [-0.2, -0.15) is 0 Å². The van der Waals surface area contributed by atoms with E-state index in [4.69, 9.17) is 4.78 Å². The number of hydrogen-bond acceptors (Lipinski definition) is 3. The Morgan fingerprint density at radius 1 is 1.47 bits per heavy atom. The van der Waals surface area contributed by atoms with Crippen molar-refractivity contribution in [2.24, 2.45) is 0 Å². The minimum absolute atomic E-state index is 0.367. The van der Waals surface area contributed by atoms with Crippen LogP contribution in [0.25, 0.3) is 11.0 Å². The van der Waals surface area contributed by atoms with E-state index in [1.165, 1.54) is 6.26 Å². The molecule has 2 aromatic rings. The van der Waals surface area contributed by atoms with Gasteiger partial charge in [0.25, 0.3) is 0 Å². The molecule has 1 aromatic carbocycles. The largest absolute Gasteiger partial charge is 0.316 e. The van der Waals surface area contributed by atoms with Crippen molar-refractivity contribution in [2.75, 3.05) is 6.26 Å². The van der Waals surface area contributed by atoms with E-state index < -0.39 is 9.73 Å². The maximum Gasteiger partial charge on any atom is 0.208 e. The molecule has 0 fully saturated rings. The fraction of sp³-hybridized carbons (Fsp3) is 0.300. The second-order valence-electron chi connectivity index (χ2n) is 3.47. The van der Waals surface area contributed by atoms with Crippen molar-refractivity contribution >= 4 is 20.8 Å². The fourth-order valence-electron chi connectivity index (χ4n) is 1.66. The summed E-state index contributed by atoms with van der Waals surface area (Å²) in [6, 6.07) is 7.61. The predicted octanol–water partition coefficient (Wildman–Crippen LogP) is 2.09. The van der Waals surface area contributed by atoms with E-state index in [1.807, 2.05) is 35.8 Å². The van der Waals surface area contributed by atoms with Crippen LogP contribution >= 0.6 is 0 Å². The zero-order valence-corrected chi connectivity index (χ0v) is 9.54. The molecule has 0 saturated carbocycles. The lowest BCUT2D eigenvalue weighted by Gasteiger charge is -2.04. The lowest BCUT2D eigenvalue weighted by molar-refractivity contribution is 0.644. The Labute approximate surface area is 88.9 Å². The van der Waals surface area contributed by atoms with Gasteiger partial charge < -0.3 is 4.57 Å². The van der Waals surface area contributed by atoms with Gasteiger partial charge in [-0.25, -0.2) is 14.0 Å². The molecule has 2 rings (SSSR count). The van der Waals surface area contributed by atoms with Crippen molar-refractivity contribution in [3.05, 3.63) is 24.3 Å². The molecular weight excluding hydrogens is 210 g/mol. The molecule has 4 nitrogen and oxygen atoms in total. The molecule has 1 heterocycles. The van der Waals surface area contributed by atoms with Crippen LogP contribution in [0.3, 0.4) is 0 Å². The second-order valence-corrected chi connectivity index (χ2v) is 5.52. The molecule has 0 spiro atoms. The molecular formula is C10H13N3OS. The van der Waals surface area contributed by atoms with Crippen molar-refractivity contribution < 1.29 is 4.21 Å². The Morgan fingerprint density at radius 3 is 2.73 bits per heavy atom. The third-order valence-electron chi connectivity index (χ3n) is 2.28. The first kappa shape index (κ1) is 10.2. The van der Waals surface area contributed by atoms with Crippen LogP contribution < -0.4 is 0 Å². The number of fused-ring (bicyclic) bond motifs is 1. The number of rotatable bonds is 2. The lowest BCUT2D eigenvalue weighted by atomic mass is 10.3. The van der Waals surface area contributed by atoms with Gasteiger partial charge in [0.1, 0.15) is 9.73 Å². The van der Waals surface area contributed by atoms with Crippen LogP contribution in [0.4, 0.5) is 0 Å². The molecule has 0 unspecified atom stereocenters. The summed E-state index contributed by atoms with van der Waals surface area (Å²) in [4.78, 5) is 4.25. The molecule has 80 valence electrons. The summed E-state index contributed by atoms with van der Waals surface area (Å²) in [5.74, 6) is 0. The summed E-state index contributed by atoms with van der Waals surface area (Å²) in [6.07, 6.45) is 1.40. The Morgan fingerprint density at radius 2 is 2.13 bits per heavy atom. The van der Waals surface area contributed by atoms with Crippen LogP contribution in [0.2, 0.25) is 0 Å². The van der Waals surface area contributed by atoms with Crippen molar-refractivity contribution in [3.63, 3.8) is 0 Å². The Bertz CT molecular complexity index is 598. The summed E-state index contributed by atoms with van der Waals surface area (Å²) >= 11 is 0. The van der Waals surface area contributed by atoms with Crippen LogP contribution in [-0.2, 0) is 16.3 Å². The topological polar surface area (TPSA) is 58.7 Å². The van der Waals surface area contributed by atoms with E-state index >= 15 is 0 Å². The highest BCUT2D eigenvalue weighted by Crippen LogP contribution is 2.19. The second kappa shape index (κ2) is 3.34. The van der Waals surface area contributed by atoms with E-state index in [0.29, 0.717) is 11.7 Å². The standard InChI is InChI=1S/C10H13N3OS/c1-3-13-9-7-5-4-6-8(9)12-10(13)15(2,11)14/h4-7,11H,3H2,1-2H3/t15-/m0/s1. The van der Waals surface area contributed by atoms with Gasteiger partial charge in [0.15, 0.2) is 0 Å². The van der Waals surface area contributed by atoms with Gasteiger partial charge in [0, 0.05) is 12.8 Å². The molecule has 0 saturated heterocycles. The maximum absolute atomic E-state index is 11.7. The van der Waals surface area contributed by atoms with Crippen molar-refractivity contribution in [1.82, 2.24) is 9.55 Å². The highest BCUT2D eigenvalue weighted by atomic mass is 32.2. The molecule has 5 heteroatoms. The maximum atomic E-state index is 11.7. The fourth-order valence-corrected chi connectivity index (χ4v) is 2.58. The molecule has 0 amide bonds. The van der Waals surface area contributed by atoms with Gasteiger partial charge in [-0.05, 0) is 19.1 Å². The zero-order chi connectivity index (χ0) is 11.1. The van der Waals surface area contributed by atoms with Crippen LogP contribution in [0.5, 0.6) is 0 Å². The van der Waals surface area contributed by atoms with E-state index in [9.17, 15) is 4.21 Å².